The van der Waals surface area contributed by atoms with Crippen LogP contribution in [0.3, 0.4) is 0 Å². The van der Waals surface area contributed by atoms with Crippen LogP contribution in [0.25, 0.3) is 0 Å². The highest BCUT2D eigenvalue weighted by molar-refractivity contribution is 9.09. The Hall–Kier alpha value is -1.11. The summed E-state index contributed by atoms with van der Waals surface area (Å²) in [4.78, 5) is 33.7. The SMILES string of the molecule is CC(C)(C)OC(=O)CCNC(=O)NCCCC(=O)CBr. The fourth-order valence-electron chi connectivity index (χ4n) is 1.29. The number of hydrogen-bond acceptors (Lipinski definition) is 4. The smallest absolute Gasteiger partial charge is 0.314 e. The van der Waals surface area contributed by atoms with Gasteiger partial charge < -0.3 is 15.4 Å². The van der Waals surface area contributed by atoms with Gasteiger partial charge in [0.2, 0.25) is 0 Å². The minimum absolute atomic E-state index is 0.108. The number of urea groups is 1. The lowest BCUT2D eigenvalue weighted by Crippen LogP contribution is -2.37. The number of alkyl halides is 1. The van der Waals surface area contributed by atoms with Gasteiger partial charge in [0.05, 0.1) is 11.8 Å². The maximum Gasteiger partial charge on any atom is 0.314 e. The zero-order valence-electron chi connectivity index (χ0n) is 12.3. The average Bonchev–Trinajstić information content (AvgIpc) is 2.32. The molecule has 0 aliphatic carbocycles. The topological polar surface area (TPSA) is 84.5 Å². The van der Waals surface area contributed by atoms with E-state index in [1.807, 2.05) is 0 Å². The number of ether oxygens (including phenoxy) is 1. The molecule has 2 N–H and O–H groups in total. The Morgan fingerprint density at radius 1 is 1.05 bits per heavy atom. The number of amides is 2. The summed E-state index contributed by atoms with van der Waals surface area (Å²) in [6.45, 7) is 6.02. The van der Waals surface area contributed by atoms with Crippen LogP contribution in [0.5, 0.6) is 0 Å². The summed E-state index contributed by atoms with van der Waals surface area (Å²) < 4.78 is 5.10. The Morgan fingerprint density at radius 3 is 2.20 bits per heavy atom. The zero-order valence-corrected chi connectivity index (χ0v) is 13.8. The Bertz CT molecular complexity index is 340. The third-order valence-electron chi connectivity index (χ3n) is 2.10. The standard InChI is InChI=1S/C13H23BrN2O4/c1-13(2,3)20-11(18)6-8-16-12(19)15-7-4-5-10(17)9-14/h4-9H2,1-3H3,(H2,15,16,19). The molecular weight excluding hydrogens is 328 g/mol. The molecular formula is C13H23BrN2O4. The summed E-state index contributed by atoms with van der Waals surface area (Å²) in [5, 5.41) is 5.51. The number of halogens is 1. The molecule has 0 saturated heterocycles. The van der Waals surface area contributed by atoms with E-state index in [1.165, 1.54) is 0 Å². The van der Waals surface area contributed by atoms with Crippen LogP contribution in [0.1, 0.15) is 40.0 Å². The summed E-state index contributed by atoms with van der Waals surface area (Å²) in [5.74, 6) is -0.238. The fourth-order valence-corrected chi connectivity index (χ4v) is 1.57. The van der Waals surface area contributed by atoms with E-state index in [4.69, 9.17) is 4.74 Å². The highest BCUT2D eigenvalue weighted by atomic mass is 79.9. The van der Waals surface area contributed by atoms with E-state index >= 15 is 0 Å². The second-order valence-corrected chi connectivity index (χ2v) is 5.86. The van der Waals surface area contributed by atoms with Crippen molar-refractivity contribution < 1.29 is 19.1 Å². The van der Waals surface area contributed by atoms with Crippen molar-refractivity contribution in [3.05, 3.63) is 0 Å². The Balaban J connectivity index is 3.59. The van der Waals surface area contributed by atoms with Gasteiger partial charge in [-0.1, -0.05) is 15.9 Å². The molecule has 6 nitrogen and oxygen atoms in total. The third-order valence-corrected chi connectivity index (χ3v) is 2.73. The van der Waals surface area contributed by atoms with Gasteiger partial charge in [0.25, 0.3) is 0 Å². The lowest BCUT2D eigenvalue weighted by Gasteiger charge is -2.19. The maximum absolute atomic E-state index is 11.4. The van der Waals surface area contributed by atoms with Gasteiger partial charge in [-0.3, -0.25) is 9.59 Å². The van der Waals surface area contributed by atoms with Crippen LogP contribution in [-0.4, -0.2) is 41.8 Å². The Morgan fingerprint density at radius 2 is 1.65 bits per heavy atom. The molecule has 0 aliphatic heterocycles. The number of ketones is 1. The maximum atomic E-state index is 11.4. The number of Topliss-reactive ketones (excluding diaryl/α,β-unsaturated/α-hetero) is 1. The molecule has 7 heteroatoms. The number of nitrogens with one attached hydrogen (secondary N) is 2. The Kier molecular flexibility index (Phi) is 9.20. The van der Waals surface area contributed by atoms with Gasteiger partial charge in [0.15, 0.2) is 0 Å². The number of carbonyl (C=O) groups is 3. The third kappa shape index (κ3) is 12.0. The summed E-state index contributed by atoms with van der Waals surface area (Å²) in [6.07, 6.45) is 1.17. The van der Waals surface area contributed by atoms with Crippen LogP contribution >= 0.6 is 15.9 Å². The first-order valence-corrected chi connectivity index (χ1v) is 7.68. The van der Waals surface area contributed by atoms with E-state index in [1.54, 1.807) is 20.8 Å². The second-order valence-electron chi connectivity index (χ2n) is 5.29. The fraction of sp³-hybridized carbons (Fsp3) is 0.769. The van der Waals surface area contributed by atoms with Gasteiger partial charge in [0.1, 0.15) is 11.4 Å². The second kappa shape index (κ2) is 9.74. The molecule has 0 heterocycles. The first-order chi connectivity index (χ1) is 9.24. The highest BCUT2D eigenvalue weighted by Crippen LogP contribution is 2.07. The van der Waals surface area contributed by atoms with E-state index in [0.717, 1.165) is 0 Å². The van der Waals surface area contributed by atoms with Gasteiger partial charge in [-0.05, 0) is 27.2 Å². The van der Waals surface area contributed by atoms with Crippen molar-refractivity contribution in [2.45, 2.75) is 45.6 Å². The monoisotopic (exact) mass is 350 g/mol. The lowest BCUT2D eigenvalue weighted by atomic mass is 10.2. The van der Waals surface area contributed by atoms with Gasteiger partial charge in [0, 0.05) is 19.5 Å². The first kappa shape index (κ1) is 18.9. The van der Waals surface area contributed by atoms with Crippen LogP contribution < -0.4 is 10.6 Å². The molecule has 0 aromatic heterocycles. The number of hydrogen-bond donors (Lipinski definition) is 2. The molecule has 0 fully saturated rings. The lowest BCUT2D eigenvalue weighted by molar-refractivity contribution is -0.154. The van der Waals surface area contributed by atoms with Gasteiger partial charge in [-0.25, -0.2) is 4.79 Å². The van der Waals surface area contributed by atoms with Gasteiger partial charge in [-0.2, -0.15) is 0 Å². The van der Waals surface area contributed by atoms with Gasteiger partial charge in [-0.15, -0.1) is 0 Å². The van der Waals surface area contributed by atoms with Crippen LogP contribution in [0.4, 0.5) is 4.79 Å². The predicted molar refractivity (Wildman–Crippen MR) is 79.9 cm³/mol. The minimum atomic E-state index is -0.513. The van der Waals surface area contributed by atoms with Crippen LogP contribution in [0.2, 0.25) is 0 Å². The molecule has 0 aromatic carbocycles. The van der Waals surface area contributed by atoms with Crippen molar-refractivity contribution in [1.82, 2.24) is 10.6 Å². The molecule has 0 saturated carbocycles. The summed E-state index contributed by atoms with van der Waals surface area (Å²) in [6, 6.07) is -0.347. The Labute approximate surface area is 128 Å². The van der Waals surface area contributed by atoms with E-state index in [0.29, 0.717) is 24.7 Å². The van der Waals surface area contributed by atoms with Crippen molar-refractivity contribution in [3.8, 4) is 0 Å². The largest absolute Gasteiger partial charge is 0.460 e. The number of carbonyl (C=O) groups excluding carboxylic acids is 3. The van der Waals surface area contributed by atoms with Crippen molar-refractivity contribution in [2.75, 3.05) is 18.4 Å². The van der Waals surface area contributed by atoms with Crippen molar-refractivity contribution in [2.24, 2.45) is 0 Å². The molecule has 0 aromatic rings. The van der Waals surface area contributed by atoms with E-state index in [-0.39, 0.29) is 30.7 Å². The molecule has 20 heavy (non-hydrogen) atoms. The normalized spacial score (nSPS) is 10.8. The summed E-state index contributed by atoms with van der Waals surface area (Å²) in [7, 11) is 0. The number of rotatable bonds is 8. The molecule has 0 bridgehead atoms. The van der Waals surface area contributed by atoms with Gasteiger partial charge >= 0.3 is 12.0 Å². The first-order valence-electron chi connectivity index (χ1n) is 6.56. The van der Waals surface area contributed by atoms with Crippen LogP contribution in [-0.2, 0) is 14.3 Å². The van der Waals surface area contributed by atoms with E-state index < -0.39 is 5.60 Å². The van der Waals surface area contributed by atoms with Crippen molar-refractivity contribution in [3.63, 3.8) is 0 Å². The van der Waals surface area contributed by atoms with E-state index in [9.17, 15) is 14.4 Å². The quantitative estimate of drug-likeness (QED) is 0.397. The highest BCUT2D eigenvalue weighted by Gasteiger charge is 2.15. The average molecular weight is 351 g/mol. The zero-order chi connectivity index (χ0) is 15.6. The molecule has 0 atom stereocenters. The molecule has 116 valence electrons. The molecule has 0 radical (unpaired) electrons. The summed E-state index contributed by atoms with van der Waals surface area (Å²) in [5.41, 5.74) is -0.513. The van der Waals surface area contributed by atoms with Crippen LogP contribution in [0, 0.1) is 0 Å². The summed E-state index contributed by atoms with van der Waals surface area (Å²) >= 11 is 3.07. The molecule has 0 spiro atoms. The predicted octanol–water partition coefficient (Wildman–Crippen LogP) is 1.76. The minimum Gasteiger partial charge on any atom is -0.460 e. The van der Waals surface area contributed by atoms with Crippen LogP contribution in [0.15, 0.2) is 0 Å². The molecule has 0 aliphatic rings. The molecule has 2 amide bonds. The van der Waals surface area contributed by atoms with Crippen molar-refractivity contribution >= 4 is 33.7 Å². The molecule has 0 rings (SSSR count). The number of esters is 1. The van der Waals surface area contributed by atoms with E-state index in [2.05, 4.69) is 26.6 Å². The molecule has 0 unspecified atom stereocenters. The van der Waals surface area contributed by atoms with Crippen molar-refractivity contribution in [1.29, 1.82) is 0 Å².